The highest BCUT2D eigenvalue weighted by Gasteiger charge is 2.36. The van der Waals surface area contributed by atoms with Crippen molar-refractivity contribution in [3.63, 3.8) is 0 Å². The number of pyridine rings is 1. The second kappa shape index (κ2) is 8.40. The number of halogens is 3. The van der Waals surface area contributed by atoms with Crippen LogP contribution in [0.25, 0.3) is 0 Å². The summed E-state index contributed by atoms with van der Waals surface area (Å²) < 4.78 is 65.4. The Balaban J connectivity index is 2.03. The standard InChI is InChI=1S/C19H21F3N2O4S/c1-13-5-4-6-15(9-13)29(26,27)18(2,3)11-24-17(25)14-7-8-16(23-10-14)28-12-19(20,21)22/h4-10H,11-12H2,1-3H3,(H,24,25). The van der Waals surface area contributed by atoms with Crippen LogP contribution in [0.2, 0.25) is 0 Å². The average molecular weight is 430 g/mol. The minimum absolute atomic E-state index is 0.0631. The van der Waals surface area contributed by atoms with Crippen LogP contribution in [0.15, 0.2) is 47.5 Å². The molecule has 0 aliphatic heterocycles. The number of amides is 1. The molecule has 10 heteroatoms. The number of nitrogens with one attached hydrogen (secondary N) is 1. The van der Waals surface area contributed by atoms with Gasteiger partial charge in [-0.3, -0.25) is 4.79 Å². The lowest BCUT2D eigenvalue weighted by Gasteiger charge is -2.25. The molecule has 0 bridgehead atoms. The quantitative estimate of drug-likeness (QED) is 0.729. The number of carbonyl (C=O) groups is 1. The highest BCUT2D eigenvalue weighted by Crippen LogP contribution is 2.25. The van der Waals surface area contributed by atoms with Gasteiger partial charge in [-0.25, -0.2) is 13.4 Å². The molecule has 0 aliphatic rings. The first-order valence-corrected chi connectivity index (χ1v) is 10.1. The van der Waals surface area contributed by atoms with Gasteiger partial charge in [0.15, 0.2) is 16.4 Å². The van der Waals surface area contributed by atoms with E-state index in [9.17, 15) is 26.4 Å². The van der Waals surface area contributed by atoms with Gasteiger partial charge in [0.1, 0.15) is 0 Å². The van der Waals surface area contributed by atoms with Crippen LogP contribution < -0.4 is 10.1 Å². The van der Waals surface area contributed by atoms with Crippen LogP contribution >= 0.6 is 0 Å². The Hall–Kier alpha value is -2.62. The van der Waals surface area contributed by atoms with Crippen LogP contribution in [-0.4, -0.2) is 43.4 Å². The van der Waals surface area contributed by atoms with Gasteiger partial charge in [0.05, 0.1) is 15.2 Å². The van der Waals surface area contributed by atoms with Crippen molar-refractivity contribution in [3.8, 4) is 5.88 Å². The van der Waals surface area contributed by atoms with Crippen LogP contribution in [0.5, 0.6) is 5.88 Å². The Kier molecular flexibility index (Phi) is 6.56. The van der Waals surface area contributed by atoms with Crippen LogP contribution in [0.4, 0.5) is 13.2 Å². The van der Waals surface area contributed by atoms with E-state index >= 15 is 0 Å². The Labute approximate surface area is 167 Å². The van der Waals surface area contributed by atoms with Gasteiger partial charge in [0.2, 0.25) is 5.88 Å². The van der Waals surface area contributed by atoms with Gasteiger partial charge in [-0.05, 0) is 44.5 Å². The van der Waals surface area contributed by atoms with Gasteiger partial charge in [-0.15, -0.1) is 0 Å². The van der Waals surface area contributed by atoms with Crippen LogP contribution in [0.3, 0.4) is 0 Å². The topological polar surface area (TPSA) is 85.4 Å². The minimum atomic E-state index is -4.49. The molecule has 1 amide bonds. The van der Waals surface area contributed by atoms with Crippen molar-refractivity contribution in [2.75, 3.05) is 13.2 Å². The van der Waals surface area contributed by atoms with E-state index in [1.807, 2.05) is 0 Å². The fourth-order valence-electron chi connectivity index (χ4n) is 2.35. The van der Waals surface area contributed by atoms with Crippen molar-refractivity contribution in [2.45, 2.75) is 36.6 Å². The second-order valence-electron chi connectivity index (χ2n) is 7.05. The predicted molar refractivity (Wildman–Crippen MR) is 101 cm³/mol. The number of carbonyl (C=O) groups excluding carboxylic acids is 1. The Morgan fingerprint density at radius 3 is 2.41 bits per heavy atom. The third-order valence-electron chi connectivity index (χ3n) is 4.08. The Morgan fingerprint density at radius 1 is 1.17 bits per heavy atom. The second-order valence-corrected chi connectivity index (χ2v) is 9.63. The Bertz CT molecular complexity index is 972. The van der Waals surface area contributed by atoms with E-state index in [0.29, 0.717) is 0 Å². The van der Waals surface area contributed by atoms with E-state index in [0.717, 1.165) is 17.8 Å². The zero-order valence-electron chi connectivity index (χ0n) is 16.1. The molecule has 1 aromatic heterocycles. The van der Waals surface area contributed by atoms with Crippen molar-refractivity contribution < 1.29 is 31.1 Å². The van der Waals surface area contributed by atoms with E-state index in [1.54, 1.807) is 25.1 Å². The van der Waals surface area contributed by atoms with Gasteiger partial charge in [-0.1, -0.05) is 12.1 Å². The molecule has 158 valence electrons. The summed E-state index contributed by atoms with van der Waals surface area (Å²) in [5.41, 5.74) is 0.859. The molecule has 1 aromatic carbocycles. The number of nitrogens with zero attached hydrogens (tertiary/aromatic N) is 1. The summed E-state index contributed by atoms with van der Waals surface area (Å²) in [5, 5.41) is 2.53. The molecule has 0 unspecified atom stereocenters. The molecule has 0 saturated carbocycles. The van der Waals surface area contributed by atoms with Gasteiger partial charge in [0, 0.05) is 18.8 Å². The zero-order valence-corrected chi connectivity index (χ0v) is 16.9. The SMILES string of the molecule is Cc1cccc(S(=O)(=O)C(C)(C)CNC(=O)c2ccc(OCC(F)(F)F)nc2)c1. The van der Waals surface area contributed by atoms with Gasteiger partial charge < -0.3 is 10.1 Å². The lowest BCUT2D eigenvalue weighted by Crippen LogP contribution is -2.44. The Morgan fingerprint density at radius 2 is 1.86 bits per heavy atom. The number of aryl methyl sites for hydroxylation is 1. The first-order chi connectivity index (χ1) is 13.3. The van der Waals surface area contributed by atoms with Crippen molar-refractivity contribution in [2.24, 2.45) is 0 Å². The van der Waals surface area contributed by atoms with Gasteiger partial charge in [-0.2, -0.15) is 13.2 Å². The first kappa shape index (κ1) is 22.7. The number of rotatable bonds is 7. The molecule has 2 aromatic rings. The third kappa shape index (κ3) is 5.93. The maximum Gasteiger partial charge on any atom is 0.422 e. The zero-order chi connectivity index (χ0) is 21.9. The van der Waals surface area contributed by atoms with Crippen LogP contribution in [0.1, 0.15) is 29.8 Å². The number of ether oxygens (including phenoxy) is 1. The van der Waals surface area contributed by atoms with E-state index in [1.165, 1.54) is 26.0 Å². The maximum absolute atomic E-state index is 12.9. The largest absolute Gasteiger partial charge is 0.468 e. The van der Waals surface area contributed by atoms with Crippen molar-refractivity contribution in [1.82, 2.24) is 10.3 Å². The molecule has 1 heterocycles. The van der Waals surface area contributed by atoms with Crippen molar-refractivity contribution in [3.05, 3.63) is 53.7 Å². The summed E-state index contributed by atoms with van der Waals surface area (Å²) in [5.74, 6) is -0.881. The van der Waals surface area contributed by atoms with E-state index < -0.39 is 33.3 Å². The van der Waals surface area contributed by atoms with E-state index in [2.05, 4.69) is 15.0 Å². The fourth-order valence-corrected chi connectivity index (χ4v) is 3.85. The molecular formula is C19H21F3N2O4S. The van der Waals surface area contributed by atoms with Crippen LogP contribution in [-0.2, 0) is 9.84 Å². The highest BCUT2D eigenvalue weighted by molar-refractivity contribution is 7.92. The highest BCUT2D eigenvalue weighted by atomic mass is 32.2. The summed E-state index contributed by atoms with van der Waals surface area (Å²) in [6.07, 6.45) is -3.44. The van der Waals surface area contributed by atoms with E-state index in [-0.39, 0.29) is 22.9 Å². The number of hydrogen-bond acceptors (Lipinski definition) is 5. The van der Waals surface area contributed by atoms with Crippen LogP contribution in [0, 0.1) is 6.92 Å². The molecule has 0 spiro atoms. The minimum Gasteiger partial charge on any atom is -0.468 e. The molecule has 0 atom stereocenters. The smallest absolute Gasteiger partial charge is 0.422 e. The van der Waals surface area contributed by atoms with Crippen molar-refractivity contribution in [1.29, 1.82) is 0 Å². The molecule has 2 rings (SSSR count). The van der Waals surface area contributed by atoms with E-state index in [4.69, 9.17) is 0 Å². The maximum atomic E-state index is 12.9. The van der Waals surface area contributed by atoms with Gasteiger partial charge in [0.25, 0.3) is 5.91 Å². The first-order valence-electron chi connectivity index (χ1n) is 8.57. The molecule has 29 heavy (non-hydrogen) atoms. The summed E-state index contributed by atoms with van der Waals surface area (Å²) in [7, 11) is -3.72. The average Bonchev–Trinajstić information content (AvgIpc) is 2.64. The molecule has 0 radical (unpaired) electrons. The monoisotopic (exact) mass is 430 g/mol. The summed E-state index contributed by atoms with van der Waals surface area (Å²) >= 11 is 0. The lowest BCUT2D eigenvalue weighted by atomic mass is 10.2. The molecule has 0 aliphatic carbocycles. The summed E-state index contributed by atoms with van der Waals surface area (Å²) in [6, 6.07) is 8.86. The molecular weight excluding hydrogens is 409 g/mol. The fraction of sp³-hybridized carbons (Fsp3) is 0.368. The molecule has 0 fully saturated rings. The lowest BCUT2D eigenvalue weighted by molar-refractivity contribution is -0.154. The summed E-state index contributed by atoms with van der Waals surface area (Å²) in [4.78, 5) is 16.1. The molecule has 6 nitrogen and oxygen atoms in total. The number of sulfone groups is 1. The van der Waals surface area contributed by atoms with Crippen molar-refractivity contribution >= 4 is 15.7 Å². The molecule has 1 N–H and O–H groups in total. The number of hydrogen-bond donors (Lipinski definition) is 1. The third-order valence-corrected chi connectivity index (χ3v) is 6.56. The normalized spacial score (nSPS) is 12.5. The number of aromatic nitrogens is 1. The van der Waals surface area contributed by atoms with Gasteiger partial charge >= 0.3 is 6.18 Å². The molecule has 0 saturated heterocycles. The predicted octanol–water partition coefficient (Wildman–Crippen LogP) is 3.31. The number of benzene rings is 1. The number of alkyl halides is 3. The summed E-state index contributed by atoms with van der Waals surface area (Å²) in [6.45, 7) is 3.11.